The summed E-state index contributed by atoms with van der Waals surface area (Å²) >= 11 is 0. The number of amides is 3. The molecule has 9 nitrogen and oxygen atoms in total. The first-order chi connectivity index (χ1) is 15.5. The summed E-state index contributed by atoms with van der Waals surface area (Å²) in [5, 5.41) is 7.90. The van der Waals surface area contributed by atoms with E-state index < -0.39 is 11.9 Å². The molecule has 3 amide bonds. The molecule has 3 N–H and O–H groups in total. The zero-order valence-corrected chi connectivity index (χ0v) is 18.3. The standard InChI is InChI=1S/C22H28FN7O2/c1-3-25-22(32)28-19-10-14(8-9-26-19)11-30-15-4-5-16(30)13-29(12-15)18-7-6-17(21(31)24-2)27-20(18)23/h6-10,15-16H,3-5,11-13H2,1-2H3,(H,24,31)(H2,25,26,28,32). The zero-order chi connectivity index (χ0) is 22.7. The van der Waals surface area contributed by atoms with Crippen LogP contribution in [0.25, 0.3) is 0 Å². The Balaban J connectivity index is 1.43. The van der Waals surface area contributed by atoms with Gasteiger partial charge in [-0.2, -0.15) is 4.39 Å². The molecule has 2 atom stereocenters. The summed E-state index contributed by atoms with van der Waals surface area (Å²) in [7, 11) is 1.49. The number of carbonyl (C=O) groups is 2. The Morgan fingerprint density at radius 2 is 1.94 bits per heavy atom. The third-order valence-corrected chi connectivity index (χ3v) is 6.03. The van der Waals surface area contributed by atoms with Crippen LogP contribution in [-0.4, -0.2) is 65.6 Å². The molecular formula is C22H28FN7O2. The summed E-state index contributed by atoms with van der Waals surface area (Å²) in [4.78, 5) is 36.0. The first kappa shape index (κ1) is 21.9. The largest absolute Gasteiger partial charge is 0.365 e. The van der Waals surface area contributed by atoms with Gasteiger partial charge >= 0.3 is 6.03 Å². The lowest BCUT2D eigenvalue weighted by Crippen LogP contribution is -2.53. The monoisotopic (exact) mass is 441 g/mol. The normalized spacial score (nSPS) is 20.2. The van der Waals surface area contributed by atoms with E-state index in [0.717, 1.165) is 24.9 Å². The molecule has 2 aliphatic rings. The average Bonchev–Trinajstić information content (AvgIpc) is 3.00. The summed E-state index contributed by atoms with van der Waals surface area (Å²) in [6, 6.07) is 7.36. The summed E-state index contributed by atoms with van der Waals surface area (Å²) < 4.78 is 14.7. The molecule has 0 saturated carbocycles. The Hall–Kier alpha value is -3.27. The topological polar surface area (TPSA) is 102 Å². The SMILES string of the molecule is CCNC(=O)Nc1cc(CN2C3CCC2CN(c2ccc(C(=O)NC)nc2F)C3)ccn1. The summed E-state index contributed by atoms with van der Waals surface area (Å²) in [6.07, 6.45) is 3.79. The molecule has 2 aromatic heterocycles. The number of nitrogens with one attached hydrogen (secondary N) is 3. The van der Waals surface area contributed by atoms with Crippen molar-refractivity contribution in [1.82, 2.24) is 25.5 Å². The molecule has 2 saturated heterocycles. The van der Waals surface area contributed by atoms with Gasteiger partial charge in [-0.15, -0.1) is 0 Å². The molecule has 4 rings (SSSR count). The fraction of sp³-hybridized carbons (Fsp3) is 0.455. The van der Waals surface area contributed by atoms with Gasteiger partial charge in [0.25, 0.3) is 5.91 Å². The molecule has 2 unspecified atom stereocenters. The van der Waals surface area contributed by atoms with Gasteiger partial charge in [-0.1, -0.05) is 0 Å². The molecule has 0 spiro atoms. The number of aromatic nitrogens is 2. The van der Waals surface area contributed by atoms with Gasteiger partial charge in [-0.3, -0.25) is 15.0 Å². The maximum absolute atomic E-state index is 14.7. The van der Waals surface area contributed by atoms with Crippen LogP contribution in [0, 0.1) is 5.95 Å². The Labute approximate surface area is 186 Å². The fourth-order valence-corrected chi connectivity index (χ4v) is 4.54. The van der Waals surface area contributed by atoms with Crippen LogP contribution in [0.15, 0.2) is 30.5 Å². The number of hydrogen-bond donors (Lipinski definition) is 3. The molecule has 2 fully saturated rings. The lowest BCUT2D eigenvalue weighted by molar-refractivity contribution is 0.0957. The predicted molar refractivity (Wildman–Crippen MR) is 119 cm³/mol. The highest BCUT2D eigenvalue weighted by molar-refractivity contribution is 5.92. The number of piperazine rings is 1. The van der Waals surface area contributed by atoms with Crippen molar-refractivity contribution in [3.05, 3.63) is 47.7 Å². The number of pyridine rings is 2. The average molecular weight is 442 g/mol. The summed E-state index contributed by atoms with van der Waals surface area (Å²) in [5.74, 6) is -0.503. The zero-order valence-electron chi connectivity index (χ0n) is 18.3. The van der Waals surface area contributed by atoms with Crippen molar-refractivity contribution in [3.8, 4) is 0 Å². The third-order valence-electron chi connectivity index (χ3n) is 6.03. The summed E-state index contributed by atoms with van der Waals surface area (Å²) in [5.41, 5.74) is 1.58. The molecule has 2 bridgehead atoms. The van der Waals surface area contributed by atoms with Crippen molar-refractivity contribution in [3.63, 3.8) is 0 Å². The van der Waals surface area contributed by atoms with Crippen LogP contribution in [0.3, 0.4) is 0 Å². The van der Waals surface area contributed by atoms with E-state index in [1.807, 2.05) is 24.0 Å². The van der Waals surface area contributed by atoms with Crippen LogP contribution in [0.1, 0.15) is 35.8 Å². The number of carbonyl (C=O) groups excluding carboxylic acids is 2. The predicted octanol–water partition coefficient (Wildman–Crippen LogP) is 1.97. The first-order valence-electron chi connectivity index (χ1n) is 10.9. The van der Waals surface area contributed by atoms with E-state index in [-0.39, 0.29) is 11.7 Å². The van der Waals surface area contributed by atoms with Crippen LogP contribution in [-0.2, 0) is 6.54 Å². The van der Waals surface area contributed by atoms with Gasteiger partial charge in [0.1, 0.15) is 11.5 Å². The minimum atomic E-state index is -0.617. The Morgan fingerprint density at radius 3 is 2.59 bits per heavy atom. The van der Waals surface area contributed by atoms with Crippen LogP contribution in [0.2, 0.25) is 0 Å². The van der Waals surface area contributed by atoms with E-state index in [1.165, 1.54) is 7.05 Å². The molecule has 32 heavy (non-hydrogen) atoms. The molecule has 0 aromatic carbocycles. The molecule has 170 valence electrons. The van der Waals surface area contributed by atoms with Gasteiger partial charge in [-0.05, 0) is 49.6 Å². The second-order valence-electron chi connectivity index (χ2n) is 8.08. The Kier molecular flexibility index (Phi) is 6.50. The maximum atomic E-state index is 14.7. The molecule has 2 aliphatic heterocycles. The third kappa shape index (κ3) is 4.64. The highest BCUT2D eigenvalue weighted by atomic mass is 19.1. The van der Waals surface area contributed by atoms with E-state index in [9.17, 15) is 14.0 Å². The second-order valence-corrected chi connectivity index (χ2v) is 8.08. The second kappa shape index (κ2) is 9.47. The van der Waals surface area contributed by atoms with Crippen molar-refractivity contribution >= 4 is 23.4 Å². The number of hydrogen-bond acceptors (Lipinski definition) is 6. The van der Waals surface area contributed by atoms with Crippen LogP contribution in [0.4, 0.5) is 20.7 Å². The number of nitrogens with zero attached hydrogens (tertiary/aromatic N) is 4. The number of urea groups is 1. The molecular weight excluding hydrogens is 413 g/mol. The van der Waals surface area contributed by atoms with Gasteiger partial charge in [0.05, 0.1) is 5.69 Å². The van der Waals surface area contributed by atoms with Crippen molar-refractivity contribution in [2.45, 2.75) is 38.4 Å². The lowest BCUT2D eigenvalue weighted by atomic mass is 10.1. The van der Waals surface area contributed by atoms with Crippen molar-refractivity contribution in [1.29, 1.82) is 0 Å². The lowest BCUT2D eigenvalue weighted by Gasteiger charge is -2.42. The quantitative estimate of drug-likeness (QED) is 0.593. The molecule has 10 heteroatoms. The number of rotatable bonds is 6. The highest BCUT2D eigenvalue weighted by Gasteiger charge is 2.40. The van der Waals surface area contributed by atoms with E-state index in [0.29, 0.717) is 43.2 Å². The van der Waals surface area contributed by atoms with Gasteiger partial charge < -0.3 is 15.5 Å². The number of fused-ring (bicyclic) bond motifs is 2. The minimum Gasteiger partial charge on any atom is -0.365 e. The number of anilines is 2. The van der Waals surface area contributed by atoms with Crippen molar-refractivity contribution in [2.24, 2.45) is 0 Å². The van der Waals surface area contributed by atoms with Crippen LogP contribution >= 0.6 is 0 Å². The fourth-order valence-electron chi connectivity index (χ4n) is 4.54. The molecule has 0 aliphatic carbocycles. The van der Waals surface area contributed by atoms with Crippen LogP contribution in [0.5, 0.6) is 0 Å². The maximum Gasteiger partial charge on any atom is 0.320 e. The van der Waals surface area contributed by atoms with Gasteiger partial charge in [0.2, 0.25) is 5.95 Å². The van der Waals surface area contributed by atoms with Gasteiger partial charge in [-0.25, -0.2) is 14.8 Å². The van der Waals surface area contributed by atoms with Gasteiger partial charge in [0, 0.05) is 51.5 Å². The van der Waals surface area contributed by atoms with Crippen LogP contribution < -0.4 is 20.9 Å². The van der Waals surface area contributed by atoms with E-state index in [2.05, 4.69) is 30.8 Å². The molecule has 4 heterocycles. The van der Waals surface area contributed by atoms with E-state index >= 15 is 0 Å². The molecule has 0 radical (unpaired) electrons. The smallest absolute Gasteiger partial charge is 0.320 e. The van der Waals surface area contributed by atoms with Crippen molar-refractivity contribution in [2.75, 3.05) is 36.9 Å². The first-order valence-corrected chi connectivity index (χ1v) is 10.9. The van der Waals surface area contributed by atoms with Crippen molar-refractivity contribution < 1.29 is 14.0 Å². The van der Waals surface area contributed by atoms with E-state index in [4.69, 9.17) is 0 Å². The Bertz CT molecular complexity index is 988. The summed E-state index contributed by atoms with van der Waals surface area (Å²) in [6.45, 7) is 4.54. The Morgan fingerprint density at radius 1 is 1.19 bits per heavy atom. The number of halogens is 1. The highest BCUT2D eigenvalue weighted by Crippen LogP contribution is 2.34. The molecule has 2 aromatic rings. The minimum absolute atomic E-state index is 0.0741. The van der Waals surface area contributed by atoms with E-state index in [1.54, 1.807) is 18.3 Å². The van der Waals surface area contributed by atoms with Gasteiger partial charge in [0.15, 0.2) is 0 Å².